The van der Waals surface area contributed by atoms with Crippen LogP contribution in [0.25, 0.3) is 11.4 Å². The molecule has 2 aromatic carbocycles. The molecule has 6 nitrogen and oxygen atoms in total. The first kappa shape index (κ1) is 24.3. The van der Waals surface area contributed by atoms with Crippen molar-refractivity contribution in [2.75, 3.05) is 44.7 Å². The summed E-state index contributed by atoms with van der Waals surface area (Å²) in [5, 5.41) is 10.2. The van der Waals surface area contributed by atoms with Gasteiger partial charge in [-0.2, -0.15) is 0 Å². The predicted octanol–water partition coefficient (Wildman–Crippen LogP) is 4.08. The number of rotatable bonds is 8. The Morgan fingerprint density at radius 1 is 0.941 bits per heavy atom. The third-order valence-electron chi connectivity index (χ3n) is 6.17. The van der Waals surface area contributed by atoms with Crippen molar-refractivity contribution < 1.29 is 9.84 Å². The third-order valence-corrected chi connectivity index (χ3v) is 6.17. The van der Waals surface area contributed by atoms with Crippen LogP contribution in [0.2, 0.25) is 0 Å². The molecule has 0 amide bonds. The molecule has 0 bridgehead atoms. The molecule has 2 heterocycles. The Kier molecular flexibility index (Phi) is 7.61. The summed E-state index contributed by atoms with van der Waals surface area (Å²) in [5.41, 5.74) is 4.86. The molecule has 1 aliphatic heterocycles. The molecule has 3 aromatic rings. The van der Waals surface area contributed by atoms with Crippen LogP contribution in [-0.4, -0.2) is 65.4 Å². The van der Waals surface area contributed by atoms with Crippen molar-refractivity contribution in [2.24, 2.45) is 0 Å². The zero-order chi connectivity index (χ0) is 24.1. The number of nitrogens with zero attached hydrogens (tertiary/aromatic N) is 4. The molecule has 180 valence electrons. The van der Waals surface area contributed by atoms with E-state index in [-0.39, 0.29) is 0 Å². The fraction of sp³-hybridized carbons (Fsp3) is 0.429. The molecular formula is C28H36N4O2. The minimum Gasteiger partial charge on any atom is -0.389 e. The van der Waals surface area contributed by atoms with Gasteiger partial charge in [-0.25, -0.2) is 9.97 Å². The third kappa shape index (κ3) is 6.20. The van der Waals surface area contributed by atoms with E-state index in [0.717, 1.165) is 61.1 Å². The summed E-state index contributed by atoms with van der Waals surface area (Å²) < 4.78 is 5.59. The Morgan fingerprint density at radius 2 is 1.62 bits per heavy atom. The van der Waals surface area contributed by atoms with Crippen molar-refractivity contribution >= 4 is 5.82 Å². The average molecular weight is 461 g/mol. The molecule has 0 aliphatic carbocycles. The summed E-state index contributed by atoms with van der Waals surface area (Å²) in [4.78, 5) is 14.8. The van der Waals surface area contributed by atoms with Crippen LogP contribution in [0.1, 0.15) is 36.2 Å². The Balaban J connectivity index is 1.72. The molecule has 1 aliphatic rings. The van der Waals surface area contributed by atoms with Crippen molar-refractivity contribution in [3.05, 3.63) is 77.0 Å². The lowest BCUT2D eigenvalue weighted by molar-refractivity contribution is 0.0344. The van der Waals surface area contributed by atoms with Crippen LogP contribution < -0.4 is 4.90 Å². The summed E-state index contributed by atoms with van der Waals surface area (Å²) in [6, 6.07) is 18.8. The second-order valence-corrected chi connectivity index (χ2v) is 9.83. The van der Waals surface area contributed by atoms with Gasteiger partial charge >= 0.3 is 0 Å². The second-order valence-electron chi connectivity index (χ2n) is 9.83. The number of methoxy groups -OCH3 is 1. The maximum atomic E-state index is 10.2. The normalized spacial score (nSPS) is 15.0. The van der Waals surface area contributed by atoms with Crippen LogP contribution in [0.5, 0.6) is 0 Å². The lowest BCUT2D eigenvalue weighted by Crippen LogP contribution is -2.51. The Bertz CT molecular complexity index is 1070. The van der Waals surface area contributed by atoms with Gasteiger partial charge in [0.15, 0.2) is 5.82 Å². The minimum atomic E-state index is -0.695. The molecule has 4 rings (SSSR count). The van der Waals surface area contributed by atoms with Crippen molar-refractivity contribution in [2.45, 2.75) is 39.4 Å². The first-order chi connectivity index (χ1) is 16.3. The van der Waals surface area contributed by atoms with Gasteiger partial charge in [-0.3, -0.25) is 4.90 Å². The highest BCUT2D eigenvalue weighted by Gasteiger charge is 2.26. The smallest absolute Gasteiger partial charge is 0.161 e. The summed E-state index contributed by atoms with van der Waals surface area (Å²) in [5.74, 6) is 1.72. The van der Waals surface area contributed by atoms with E-state index in [1.807, 2.05) is 32.0 Å². The molecule has 0 radical (unpaired) electrons. The highest BCUT2D eigenvalue weighted by atomic mass is 16.5. The van der Waals surface area contributed by atoms with E-state index < -0.39 is 5.60 Å². The van der Waals surface area contributed by atoms with Gasteiger partial charge in [0.1, 0.15) is 5.82 Å². The van der Waals surface area contributed by atoms with Crippen molar-refractivity contribution in [3.8, 4) is 11.4 Å². The van der Waals surface area contributed by atoms with E-state index in [0.29, 0.717) is 13.2 Å². The Labute approximate surface area is 203 Å². The molecule has 0 atom stereocenters. The lowest BCUT2D eigenvalue weighted by atomic mass is 10.0. The summed E-state index contributed by atoms with van der Waals surface area (Å²) in [6.45, 7) is 10.4. The number of ether oxygens (including phenoxy) is 1. The average Bonchev–Trinajstić information content (AvgIpc) is 2.82. The lowest BCUT2D eigenvalue weighted by Gasteiger charge is -2.38. The molecule has 0 unspecified atom stereocenters. The molecule has 1 fully saturated rings. The van der Waals surface area contributed by atoms with Gasteiger partial charge in [0.25, 0.3) is 0 Å². The van der Waals surface area contributed by atoms with E-state index in [9.17, 15) is 5.11 Å². The SMILES string of the molecule is COCc1nc(-c2ccccc2)nc(N2CCN(CC(C)(C)O)CC2)c1Cc1ccc(C)cc1. The number of piperazine rings is 1. The molecule has 1 N–H and O–H groups in total. The van der Waals surface area contributed by atoms with Crippen LogP contribution in [-0.2, 0) is 17.8 Å². The zero-order valence-electron chi connectivity index (χ0n) is 20.8. The standard InChI is InChI=1S/C28H36N4O2/c1-21-10-12-22(13-11-21)18-24-25(19-34-4)29-26(23-8-6-5-7-9-23)30-27(24)32-16-14-31(15-17-32)20-28(2,3)33/h5-13,33H,14-20H2,1-4H3. The van der Waals surface area contributed by atoms with Gasteiger partial charge in [0.2, 0.25) is 0 Å². The quantitative estimate of drug-likeness (QED) is 0.547. The molecular weight excluding hydrogens is 424 g/mol. The molecule has 34 heavy (non-hydrogen) atoms. The van der Waals surface area contributed by atoms with Gasteiger partial charge in [-0.05, 0) is 26.3 Å². The Morgan fingerprint density at radius 3 is 2.24 bits per heavy atom. The zero-order valence-corrected chi connectivity index (χ0v) is 20.8. The topological polar surface area (TPSA) is 61.7 Å². The maximum absolute atomic E-state index is 10.2. The number of aromatic nitrogens is 2. The summed E-state index contributed by atoms with van der Waals surface area (Å²) in [7, 11) is 1.72. The van der Waals surface area contributed by atoms with E-state index in [1.165, 1.54) is 11.1 Å². The van der Waals surface area contributed by atoms with Crippen LogP contribution in [0.3, 0.4) is 0 Å². The van der Waals surface area contributed by atoms with Crippen LogP contribution in [0.15, 0.2) is 54.6 Å². The number of hydrogen-bond acceptors (Lipinski definition) is 6. The van der Waals surface area contributed by atoms with Gasteiger partial charge in [-0.15, -0.1) is 0 Å². The van der Waals surface area contributed by atoms with Crippen molar-refractivity contribution in [1.29, 1.82) is 0 Å². The van der Waals surface area contributed by atoms with E-state index >= 15 is 0 Å². The largest absolute Gasteiger partial charge is 0.389 e. The fourth-order valence-corrected chi connectivity index (χ4v) is 4.51. The first-order valence-corrected chi connectivity index (χ1v) is 12.0. The van der Waals surface area contributed by atoms with Crippen molar-refractivity contribution in [1.82, 2.24) is 14.9 Å². The second kappa shape index (κ2) is 10.6. The number of hydrogen-bond donors (Lipinski definition) is 1. The number of benzene rings is 2. The van der Waals surface area contributed by atoms with Gasteiger partial charge in [0, 0.05) is 57.4 Å². The molecule has 0 saturated carbocycles. The van der Waals surface area contributed by atoms with Crippen LogP contribution >= 0.6 is 0 Å². The van der Waals surface area contributed by atoms with E-state index in [1.54, 1.807) is 7.11 Å². The highest BCUT2D eigenvalue weighted by Crippen LogP contribution is 2.29. The molecule has 1 saturated heterocycles. The van der Waals surface area contributed by atoms with Gasteiger partial charge < -0.3 is 14.7 Å². The Hall–Kier alpha value is -2.80. The van der Waals surface area contributed by atoms with Crippen LogP contribution in [0.4, 0.5) is 5.82 Å². The molecule has 6 heteroatoms. The highest BCUT2D eigenvalue weighted by molar-refractivity contribution is 5.61. The van der Waals surface area contributed by atoms with Crippen LogP contribution in [0, 0.1) is 6.92 Å². The molecule has 0 spiro atoms. The number of aryl methyl sites for hydroxylation is 1. The minimum absolute atomic E-state index is 0.440. The number of β-amino-alcohol motifs (C(OH)–C–C–N with tert-alkyl or cyclic N) is 1. The fourth-order valence-electron chi connectivity index (χ4n) is 4.51. The van der Waals surface area contributed by atoms with E-state index in [2.05, 4.69) is 53.1 Å². The number of aliphatic hydroxyl groups is 1. The molecule has 1 aromatic heterocycles. The predicted molar refractivity (Wildman–Crippen MR) is 137 cm³/mol. The summed E-state index contributed by atoms with van der Waals surface area (Å²) >= 11 is 0. The monoisotopic (exact) mass is 460 g/mol. The number of anilines is 1. The van der Waals surface area contributed by atoms with Gasteiger partial charge in [0.05, 0.1) is 17.9 Å². The first-order valence-electron chi connectivity index (χ1n) is 12.0. The van der Waals surface area contributed by atoms with Gasteiger partial charge in [-0.1, -0.05) is 60.2 Å². The maximum Gasteiger partial charge on any atom is 0.161 e. The summed E-state index contributed by atoms with van der Waals surface area (Å²) in [6.07, 6.45) is 0.757. The van der Waals surface area contributed by atoms with Crippen molar-refractivity contribution in [3.63, 3.8) is 0 Å². The van der Waals surface area contributed by atoms with E-state index in [4.69, 9.17) is 14.7 Å².